The Morgan fingerprint density at radius 3 is 2.83 bits per heavy atom. The van der Waals surface area contributed by atoms with E-state index in [2.05, 4.69) is 23.8 Å². The molecule has 1 aromatic carbocycles. The summed E-state index contributed by atoms with van der Waals surface area (Å²) in [6.07, 6.45) is 3.16. The van der Waals surface area contributed by atoms with Gasteiger partial charge in [0.05, 0.1) is 11.4 Å². The van der Waals surface area contributed by atoms with Crippen LogP contribution in [0.3, 0.4) is 0 Å². The first kappa shape index (κ1) is 14.7. The minimum absolute atomic E-state index is 0.101. The summed E-state index contributed by atoms with van der Waals surface area (Å²) in [5, 5.41) is 6.49. The standard InChI is InChI=1S/C13H21N3OS/c1-9(18-3)6-7-16-12-8-10(13(17)15-2)4-5-11(12)14/h4-5,8-9,16H,6-7,14H2,1-3H3,(H,15,17). The molecule has 1 rings (SSSR count). The zero-order valence-electron chi connectivity index (χ0n) is 11.1. The summed E-state index contributed by atoms with van der Waals surface area (Å²) in [5.74, 6) is -0.101. The van der Waals surface area contributed by atoms with Gasteiger partial charge in [-0.25, -0.2) is 0 Å². The molecule has 0 heterocycles. The van der Waals surface area contributed by atoms with E-state index in [1.54, 1.807) is 25.2 Å². The van der Waals surface area contributed by atoms with Crippen LogP contribution in [0, 0.1) is 0 Å². The predicted octanol–water partition coefficient (Wildman–Crippen LogP) is 2.18. The average molecular weight is 267 g/mol. The van der Waals surface area contributed by atoms with Crippen molar-refractivity contribution in [2.24, 2.45) is 0 Å². The lowest BCUT2D eigenvalue weighted by Crippen LogP contribution is -2.18. The fraction of sp³-hybridized carbons (Fsp3) is 0.462. The molecule has 0 aliphatic heterocycles. The van der Waals surface area contributed by atoms with Crippen molar-refractivity contribution in [3.8, 4) is 0 Å². The number of hydrogen-bond acceptors (Lipinski definition) is 4. The molecule has 0 aromatic heterocycles. The number of carbonyl (C=O) groups excluding carboxylic acids is 1. The van der Waals surface area contributed by atoms with Gasteiger partial charge >= 0.3 is 0 Å². The molecule has 0 aliphatic rings. The number of hydrogen-bond donors (Lipinski definition) is 3. The Kier molecular flexibility index (Phi) is 5.85. The molecule has 0 bridgehead atoms. The second-order valence-electron chi connectivity index (χ2n) is 4.14. The largest absolute Gasteiger partial charge is 0.397 e. The van der Waals surface area contributed by atoms with E-state index >= 15 is 0 Å². The summed E-state index contributed by atoms with van der Waals surface area (Å²) in [6, 6.07) is 5.27. The van der Waals surface area contributed by atoms with Gasteiger partial charge in [0, 0.05) is 24.4 Å². The second-order valence-corrected chi connectivity index (χ2v) is 5.42. The highest BCUT2D eigenvalue weighted by Crippen LogP contribution is 2.20. The van der Waals surface area contributed by atoms with Crippen LogP contribution >= 0.6 is 11.8 Å². The number of rotatable bonds is 6. The molecule has 18 heavy (non-hydrogen) atoms. The van der Waals surface area contributed by atoms with Crippen LogP contribution in [-0.4, -0.2) is 31.0 Å². The van der Waals surface area contributed by atoms with E-state index in [9.17, 15) is 4.79 Å². The van der Waals surface area contributed by atoms with Crippen LogP contribution < -0.4 is 16.4 Å². The molecule has 0 fully saturated rings. The molecule has 4 nitrogen and oxygen atoms in total. The lowest BCUT2D eigenvalue weighted by atomic mass is 10.1. The minimum atomic E-state index is -0.101. The first-order chi connectivity index (χ1) is 8.58. The van der Waals surface area contributed by atoms with Gasteiger partial charge in [0.1, 0.15) is 0 Å². The smallest absolute Gasteiger partial charge is 0.251 e. The normalized spacial score (nSPS) is 11.9. The molecule has 0 spiro atoms. The van der Waals surface area contributed by atoms with Crippen molar-refractivity contribution in [3.05, 3.63) is 23.8 Å². The zero-order valence-corrected chi connectivity index (χ0v) is 11.9. The number of anilines is 2. The number of benzene rings is 1. The number of amides is 1. The number of nitrogens with one attached hydrogen (secondary N) is 2. The summed E-state index contributed by atoms with van der Waals surface area (Å²) >= 11 is 1.84. The minimum Gasteiger partial charge on any atom is -0.397 e. The van der Waals surface area contributed by atoms with Crippen molar-refractivity contribution in [1.29, 1.82) is 0 Å². The van der Waals surface area contributed by atoms with Gasteiger partial charge in [-0.15, -0.1) is 0 Å². The Hall–Kier alpha value is -1.36. The highest BCUT2D eigenvalue weighted by Gasteiger charge is 2.07. The van der Waals surface area contributed by atoms with Crippen molar-refractivity contribution in [2.75, 3.05) is 30.9 Å². The predicted molar refractivity (Wildman–Crippen MR) is 80.3 cm³/mol. The van der Waals surface area contributed by atoms with Crippen LogP contribution in [0.15, 0.2) is 18.2 Å². The van der Waals surface area contributed by atoms with Crippen LogP contribution in [0.25, 0.3) is 0 Å². The van der Waals surface area contributed by atoms with E-state index in [4.69, 9.17) is 5.73 Å². The Morgan fingerprint density at radius 2 is 2.22 bits per heavy atom. The molecule has 100 valence electrons. The van der Waals surface area contributed by atoms with Crippen LogP contribution in [0.5, 0.6) is 0 Å². The van der Waals surface area contributed by atoms with E-state index < -0.39 is 0 Å². The molecule has 0 saturated carbocycles. The van der Waals surface area contributed by atoms with E-state index in [1.165, 1.54) is 0 Å². The Labute approximate surface area is 113 Å². The summed E-state index contributed by atoms with van der Waals surface area (Å²) in [6.45, 7) is 3.04. The molecule has 1 atom stereocenters. The fourth-order valence-corrected chi connectivity index (χ4v) is 1.88. The summed E-state index contributed by atoms with van der Waals surface area (Å²) in [7, 11) is 1.62. The third-order valence-corrected chi connectivity index (χ3v) is 3.85. The Balaban J connectivity index is 2.66. The maximum Gasteiger partial charge on any atom is 0.251 e. The van der Waals surface area contributed by atoms with Gasteiger partial charge in [0.15, 0.2) is 0 Å². The van der Waals surface area contributed by atoms with Gasteiger partial charge in [0.2, 0.25) is 0 Å². The lowest BCUT2D eigenvalue weighted by Gasteiger charge is -2.13. The monoisotopic (exact) mass is 267 g/mol. The van der Waals surface area contributed by atoms with E-state index in [0.717, 1.165) is 18.7 Å². The maximum atomic E-state index is 11.5. The van der Waals surface area contributed by atoms with Crippen LogP contribution in [0.4, 0.5) is 11.4 Å². The molecule has 4 N–H and O–H groups in total. The first-order valence-corrected chi connectivity index (χ1v) is 7.25. The molecule has 1 unspecified atom stereocenters. The maximum absolute atomic E-state index is 11.5. The molecule has 5 heteroatoms. The van der Waals surface area contributed by atoms with E-state index in [1.807, 2.05) is 11.8 Å². The zero-order chi connectivity index (χ0) is 13.5. The molecular weight excluding hydrogens is 246 g/mol. The van der Waals surface area contributed by atoms with Crippen LogP contribution in [0.1, 0.15) is 23.7 Å². The summed E-state index contributed by atoms with van der Waals surface area (Å²) < 4.78 is 0. The average Bonchev–Trinajstić information content (AvgIpc) is 2.39. The van der Waals surface area contributed by atoms with Gasteiger partial charge in [-0.2, -0.15) is 11.8 Å². The van der Waals surface area contributed by atoms with Gasteiger partial charge in [-0.05, 0) is 30.9 Å². The van der Waals surface area contributed by atoms with E-state index in [-0.39, 0.29) is 5.91 Å². The van der Waals surface area contributed by atoms with Gasteiger partial charge < -0.3 is 16.4 Å². The van der Waals surface area contributed by atoms with Gasteiger partial charge in [-0.1, -0.05) is 6.92 Å². The van der Waals surface area contributed by atoms with Crippen molar-refractivity contribution in [1.82, 2.24) is 5.32 Å². The van der Waals surface area contributed by atoms with Crippen molar-refractivity contribution in [2.45, 2.75) is 18.6 Å². The molecule has 1 aromatic rings. The third-order valence-electron chi connectivity index (χ3n) is 2.81. The Morgan fingerprint density at radius 1 is 1.50 bits per heavy atom. The molecule has 0 aliphatic carbocycles. The van der Waals surface area contributed by atoms with Gasteiger partial charge in [-0.3, -0.25) is 4.79 Å². The fourth-order valence-electron chi connectivity index (χ4n) is 1.52. The highest BCUT2D eigenvalue weighted by molar-refractivity contribution is 7.99. The SMILES string of the molecule is CNC(=O)c1ccc(N)c(NCCC(C)SC)c1. The molecule has 0 saturated heterocycles. The quantitative estimate of drug-likeness (QED) is 0.691. The van der Waals surface area contributed by atoms with Crippen LogP contribution in [-0.2, 0) is 0 Å². The van der Waals surface area contributed by atoms with Crippen molar-refractivity contribution >= 4 is 29.0 Å². The molecule has 1 amide bonds. The third kappa shape index (κ3) is 4.14. The topological polar surface area (TPSA) is 67.2 Å². The molecule has 0 radical (unpaired) electrons. The Bertz CT molecular complexity index is 409. The second kappa shape index (κ2) is 7.16. The highest BCUT2D eigenvalue weighted by atomic mass is 32.2. The summed E-state index contributed by atoms with van der Waals surface area (Å²) in [4.78, 5) is 11.5. The first-order valence-electron chi connectivity index (χ1n) is 5.96. The number of nitrogen functional groups attached to an aromatic ring is 1. The lowest BCUT2D eigenvalue weighted by molar-refractivity contribution is 0.0963. The van der Waals surface area contributed by atoms with Crippen molar-refractivity contribution < 1.29 is 4.79 Å². The number of nitrogens with two attached hydrogens (primary N) is 1. The van der Waals surface area contributed by atoms with E-state index in [0.29, 0.717) is 16.5 Å². The van der Waals surface area contributed by atoms with Gasteiger partial charge in [0.25, 0.3) is 5.91 Å². The number of thioether (sulfide) groups is 1. The van der Waals surface area contributed by atoms with Crippen molar-refractivity contribution in [3.63, 3.8) is 0 Å². The van der Waals surface area contributed by atoms with Crippen LogP contribution in [0.2, 0.25) is 0 Å². The number of carbonyl (C=O) groups is 1. The molecular formula is C13H21N3OS. The summed E-state index contributed by atoms with van der Waals surface area (Å²) in [5.41, 5.74) is 7.99.